The molecule has 1 aromatic heterocycles. The van der Waals surface area contributed by atoms with Crippen LogP contribution in [0.1, 0.15) is 26.5 Å². The Balaban J connectivity index is 1.77. The van der Waals surface area contributed by atoms with Gasteiger partial charge in [0.1, 0.15) is 22.6 Å². The van der Waals surface area contributed by atoms with Crippen LogP contribution in [0.5, 0.6) is 0 Å². The maximum absolute atomic E-state index is 14.0. The van der Waals surface area contributed by atoms with Crippen molar-refractivity contribution in [2.24, 2.45) is 0 Å². The minimum absolute atomic E-state index is 0.0468. The summed E-state index contributed by atoms with van der Waals surface area (Å²) in [5, 5.41) is 6.66. The second-order valence-electron chi connectivity index (χ2n) is 6.34. The van der Waals surface area contributed by atoms with E-state index < -0.39 is 53.4 Å². The summed E-state index contributed by atoms with van der Waals surface area (Å²) in [5.74, 6) is -4.56. The number of esters is 1. The molecule has 0 bridgehead atoms. The van der Waals surface area contributed by atoms with Crippen LogP contribution in [0, 0.1) is 11.6 Å². The van der Waals surface area contributed by atoms with Gasteiger partial charge in [-0.1, -0.05) is 0 Å². The number of hydrogen-bond donors (Lipinski definition) is 2. The van der Waals surface area contributed by atoms with Gasteiger partial charge in [-0.3, -0.25) is 14.4 Å². The fourth-order valence-electron chi connectivity index (χ4n) is 3.01. The van der Waals surface area contributed by atoms with E-state index in [0.717, 1.165) is 28.4 Å². The number of thiophene rings is 1. The number of benzene rings is 1. The summed E-state index contributed by atoms with van der Waals surface area (Å²) in [6.45, 7) is 0.174. The van der Waals surface area contributed by atoms with Gasteiger partial charge in [0.25, 0.3) is 5.91 Å². The normalized spacial score (nSPS) is 16.0. The number of halogens is 2. The number of carbonyl (C=O) groups excluding carboxylic acids is 4. The molecule has 1 atom stereocenters. The topological polar surface area (TPSA) is 105 Å². The zero-order valence-electron chi connectivity index (χ0n) is 15.7. The molecule has 3 rings (SSSR count). The first-order chi connectivity index (χ1) is 14.3. The zero-order chi connectivity index (χ0) is 21.8. The molecule has 0 saturated carbocycles. The monoisotopic (exact) mass is 437 g/mol. The molecular formula is C19H17F2N3O5S. The quantitative estimate of drug-likeness (QED) is 0.694. The predicted octanol–water partition coefficient (Wildman–Crippen LogP) is 1.78. The van der Waals surface area contributed by atoms with Crippen molar-refractivity contribution in [1.82, 2.24) is 10.2 Å². The van der Waals surface area contributed by atoms with Crippen molar-refractivity contribution in [2.45, 2.75) is 12.5 Å². The first kappa shape index (κ1) is 21.4. The molecule has 0 radical (unpaired) electrons. The third kappa shape index (κ3) is 4.46. The van der Waals surface area contributed by atoms with Crippen molar-refractivity contribution in [1.29, 1.82) is 0 Å². The van der Waals surface area contributed by atoms with Crippen molar-refractivity contribution in [3.05, 3.63) is 51.7 Å². The Bertz CT molecular complexity index is 1010. The summed E-state index contributed by atoms with van der Waals surface area (Å²) in [4.78, 5) is 50.6. The standard InChI is InChI=1S/C19H17F2N3O5S/c1-29-19(28)16-13(4-7-30-16)23-15(25)9-14-17(26)22-5-6-24(14)18(27)11-3-2-10(20)8-12(11)21/h2-4,7-8,14H,5-6,9H2,1H3,(H,22,26)(H,23,25)/t14-/m0/s1. The Labute approximate surface area is 173 Å². The molecule has 3 amide bonds. The third-order valence-corrected chi connectivity index (χ3v) is 5.34. The molecule has 1 aliphatic rings. The lowest BCUT2D eigenvalue weighted by atomic mass is 10.1. The average molecular weight is 437 g/mol. The first-order valence-corrected chi connectivity index (χ1v) is 9.69. The van der Waals surface area contributed by atoms with Gasteiger partial charge in [0.05, 0.1) is 24.8 Å². The Morgan fingerprint density at radius 3 is 2.77 bits per heavy atom. The molecule has 8 nitrogen and oxygen atoms in total. The van der Waals surface area contributed by atoms with Gasteiger partial charge in [-0.05, 0) is 23.6 Å². The van der Waals surface area contributed by atoms with Crippen LogP contribution in [-0.4, -0.2) is 54.8 Å². The summed E-state index contributed by atoms with van der Waals surface area (Å²) >= 11 is 1.07. The summed E-state index contributed by atoms with van der Waals surface area (Å²) in [5.41, 5.74) is -0.183. The minimum atomic E-state index is -1.20. The second-order valence-corrected chi connectivity index (χ2v) is 7.25. The van der Waals surface area contributed by atoms with E-state index in [1.54, 1.807) is 5.38 Å². The molecule has 2 aromatic rings. The van der Waals surface area contributed by atoms with E-state index >= 15 is 0 Å². The highest BCUT2D eigenvalue weighted by atomic mass is 32.1. The van der Waals surface area contributed by atoms with E-state index in [-0.39, 0.29) is 23.7 Å². The number of hydrogen-bond acceptors (Lipinski definition) is 6. The van der Waals surface area contributed by atoms with E-state index in [1.807, 2.05) is 0 Å². The highest BCUT2D eigenvalue weighted by Gasteiger charge is 2.36. The van der Waals surface area contributed by atoms with Crippen LogP contribution < -0.4 is 10.6 Å². The summed E-state index contributed by atoms with van der Waals surface area (Å²) < 4.78 is 31.8. The van der Waals surface area contributed by atoms with Crippen LogP contribution in [0.25, 0.3) is 0 Å². The number of ether oxygens (including phenoxy) is 1. The lowest BCUT2D eigenvalue weighted by Gasteiger charge is -2.34. The average Bonchev–Trinajstić information content (AvgIpc) is 3.16. The fraction of sp³-hybridized carbons (Fsp3) is 0.263. The molecule has 1 aromatic carbocycles. The maximum Gasteiger partial charge on any atom is 0.350 e. The number of rotatable bonds is 5. The number of nitrogens with zero attached hydrogens (tertiary/aromatic N) is 1. The molecule has 0 unspecified atom stereocenters. The molecule has 2 heterocycles. The number of piperazine rings is 1. The van der Waals surface area contributed by atoms with Crippen LogP contribution in [0.3, 0.4) is 0 Å². The van der Waals surface area contributed by atoms with Crippen molar-refractivity contribution >= 4 is 40.7 Å². The molecule has 30 heavy (non-hydrogen) atoms. The van der Waals surface area contributed by atoms with Gasteiger partial charge >= 0.3 is 5.97 Å². The summed E-state index contributed by atoms with van der Waals surface area (Å²) in [6.07, 6.45) is -0.420. The van der Waals surface area contributed by atoms with Crippen LogP contribution in [0.4, 0.5) is 14.5 Å². The molecule has 0 spiro atoms. The Morgan fingerprint density at radius 1 is 1.30 bits per heavy atom. The first-order valence-electron chi connectivity index (χ1n) is 8.81. The zero-order valence-corrected chi connectivity index (χ0v) is 16.6. The number of amides is 3. The van der Waals surface area contributed by atoms with Crippen molar-refractivity contribution in [3.8, 4) is 0 Å². The van der Waals surface area contributed by atoms with Gasteiger partial charge < -0.3 is 20.3 Å². The summed E-state index contributed by atoms with van der Waals surface area (Å²) in [6, 6.07) is 2.81. The lowest BCUT2D eigenvalue weighted by molar-refractivity contribution is -0.131. The maximum atomic E-state index is 14.0. The van der Waals surface area contributed by atoms with E-state index in [1.165, 1.54) is 13.2 Å². The van der Waals surface area contributed by atoms with Crippen molar-refractivity contribution in [2.75, 3.05) is 25.5 Å². The van der Waals surface area contributed by atoms with Gasteiger partial charge in [-0.15, -0.1) is 11.3 Å². The van der Waals surface area contributed by atoms with Gasteiger partial charge in [-0.25, -0.2) is 13.6 Å². The van der Waals surface area contributed by atoms with Crippen LogP contribution >= 0.6 is 11.3 Å². The minimum Gasteiger partial charge on any atom is -0.465 e. The van der Waals surface area contributed by atoms with Gasteiger partial charge in [0.15, 0.2) is 0 Å². The number of methoxy groups -OCH3 is 1. The van der Waals surface area contributed by atoms with Gasteiger partial charge in [0, 0.05) is 19.2 Å². The molecule has 1 aliphatic heterocycles. The number of nitrogens with one attached hydrogen (secondary N) is 2. The number of carbonyl (C=O) groups is 4. The van der Waals surface area contributed by atoms with Gasteiger partial charge in [-0.2, -0.15) is 0 Å². The van der Waals surface area contributed by atoms with E-state index in [4.69, 9.17) is 0 Å². The van der Waals surface area contributed by atoms with E-state index in [0.29, 0.717) is 6.07 Å². The lowest BCUT2D eigenvalue weighted by Crippen LogP contribution is -2.58. The molecule has 0 aliphatic carbocycles. The molecule has 11 heteroatoms. The van der Waals surface area contributed by atoms with Crippen LogP contribution in [0.15, 0.2) is 29.6 Å². The predicted molar refractivity (Wildman–Crippen MR) is 103 cm³/mol. The second kappa shape index (κ2) is 8.99. The SMILES string of the molecule is COC(=O)c1sccc1NC(=O)C[C@H]1C(=O)NCCN1C(=O)c1ccc(F)cc1F. The Kier molecular flexibility index (Phi) is 6.40. The summed E-state index contributed by atoms with van der Waals surface area (Å²) in [7, 11) is 1.21. The highest BCUT2D eigenvalue weighted by molar-refractivity contribution is 7.12. The smallest absolute Gasteiger partial charge is 0.350 e. The van der Waals surface area contributed by atoms with E-state index in [9.17, 15) is 28.0 Å². The Morgan fingerprint density at radius 2 is 2.07 bits per heavy atom. The fourth-order valence-corrected chi connectivity index (χ4v) is 3.78. The highest BCUT2D eigenvalue weighted by Crippen LogP contribution is 2.24. The molecule has 158 valence electrons. The molecule has 1 fully saturated rings. The van der Waals surface area contributed by atoms with E-state index in [2.05, 4.69) is 15.4 Å². The van der Waals surface area contributed by atoms with Crippen molar-refractivity contribution < 1.29 is 32.7 Å². The molecule has 1 saturated heterocycles. The Hall–Kier alpha value is -3.34. The third-order valence-electron chi connectivity index (χ3n) is 4.44. The molecule has 2 N–H and O–H groups in total. The molecular weight excluding hydrogens is 420 g/mol. The van der Waals surface area contributed by atoms with Crippen molar-refractivity contribution in [3.63, 3.8) is 0 Å². The van der Waals surface area contributed by atoms with Gasteiger partial charge in [0.2, 0.25) is 11.8 Å². The largest absolute Gasteiger partial charge is 0.465 e. The van der Waals surface area contributed by atoms with Crippen LogP contribution in [0.2, 0.25) is 0 Å². The van der Waals surface area contributed by atoms with Crippen LogP contribution in [-0.2, 0) is 14.3 Å². The number of anilines is 1.